The van der Waals surface area contributed by atoms with E-state index in [0.29, 0.717) is 39.0 Å². The molecular weight excluding hydrogens is 422 g/mol. The molecule has 0 radical (unpaired) electrons. The number of rotatable bonds is 3. The second-order valence-electron chi connectivity index (χ2n) is 5.98. The van der Waals surface area contributed by atoms with Gasteiger partial charge >= 0.3 is 6.09 Å². The predicted octanol–water partition coefficient (Wildman–Crippen LogP) is 5.18. The van der Waals surface area contributed by atoms with Crippen LogP contribution in [0.15, 0.2) is 40.9 Å². The molecule has 28 heavy (non-hydrogen) atoms. The molecule has 0 aliphatic carbocycles. The van der Waals surface area contributed by atoms with E-state index in [0.717, 1.165) is 9.04 Å². The van der Waals surface area contributed by atoms with Gasteiger partial charge in [0.05, 0.1) is 35.9 Å². The lowest BCUT2D eigenvalue weighted by Crippen LogP contribution is -2.09. The highest BCUT2D eigenvalue weighted by atomic mass is 79.9. The minimum absolute atomic E-state index is 0.272. The Bertz CT molecular complexity index is 1230. The number of allylic oxidation sites excluding steroid dienone is 1. The smallest absolute Gasteiger partial charge is 0.416 e. The van der Waals surface area contributed by atoms with Gasteiger partial charge in [-0.1, -0.05) is 15.9 Å². The monoisotopic (exact) mass is 435 g/mol. The number of carboxylic acid groups (broad SMARTS) is 1. The van der Waals surface area contributed by atoms with Crippen molar-refractivity contribution in [3.8, 4) is 17.9 Å². The lowest BCUT2D eigenvalue weighted by Gasteiger charge is -2.07. The molecule has 6 nitrogen and oxygen atoms in total. The van der Waals surface area contributed by atoms with Crippen LogP contribution in [0.2, 0.25) is 0 Å². The summed E-state index contributed by atoms with van der Waals surface area (Å²) in [5.74, 6) is 0.507. The largest absolute Gasteiger partial charge is 0.496 e. The van der Waals surface area contributed by atoms with Gasteiger partial charge in [0.25, 0.3) is 0 Å². The second kappa shape index (κ2) is 7.59. The lowest BCUT2D eigenvalue weighted by molar-refractivity contribution is 0.197. The van der Waals surface area contributed by atoms with Crippen molar-refractivity contribution in [2.75, 3.05) is 7.11 Å². The van der Waals surface area contributed by atoms with Crippen LogP contribution >= 0.6 is 15.9 Å². The van der Waals surface area contributed by atoms with Crippen LogP contribution in [0.4, 0.5) is 4.79 Å². The molecule has 0 fully saturated rings. The van der Waals surface area contributed by atoms with Crippen molar-refractivity contribution in [3.05, 3.63) is 63.3 Å². The maximum atomic E-state index is 11.8. The third-order valence-electron chi connectivity index (χ3n) is 4.41. The number of benzene rings is 2. The summed E-state index contributed by atoms with van der Waals surface area (Å²) in [5.41, 5.74) is 2.70. The first-order valence-electron chi connectivity index (χ1n) is 8.15. The molecule has 2 aromatic carbocycles. The van der Waals surface area contributed by atoms with E-state index in [1.54, 1.807) is 49.4 Å². The van der Waals surface area contributed by atoms with Crippen molar-refractivity contribution in [2.24, 2.45) is 0 Å². The fourth-order valence-corrected chi connectivity index (χ4v) is 3.57. The van der Waals surface area contributed by atoms with Gasteiger partial charge in [-0.15, -0.1) is 0 Å². The molecule has 3 aromatic rings. The Morgan fingerprint density at radius 1 is 1.25 bits per heavy atom. The van der Waals surface area contributed by atoms with Gasteiger partial charge in [-0.25, -0.2) is 9.36 Å². The van der Waals surface area contributed by atoms with Crippen LogP contribution in [-0.2, 0) is 0 Å². The van der Waals surface area contributed by atoms with Gasteiger partial charge in [0, 0.05) is 26.7 Å². The average molecular weight is 436 g/mol. The molecule has 0 bridgehead atoms. The number of methoxy groups -OCH3 is 1. The van der Waals surface area contributed by atoms with Crippen LogP contribution in [0, 0.1) is 29.6 Å². The molecule has 1 heterocycles. The fourth-order valence-electron chi connectivity index (χ4n) is 3.21. The van der Waals surface area contributed by atoms with Crippen molar-refractivity contribution in [1.29, 1.82) is 10.5 Å². The molecule has 0 atom stereocenters. The molecule has 7 heteroatoms. The SMILES string of the molecule is COc1ccc(C#N)cc1/C=C(\C#N)c1c(C)n(C(=O)O)c2ccc(Br)cc12. The van der Waals surface area contributed by atoms with Gasteiger partial charge < -0.3 is 9.84 Å². The molecule has 0 aliphatic heterocycles. The number of hydrogen-bond acceptors (Lipinski definition) is 4. The van der Waals surface area contributed by atoms with E-state index in [4.69, 9.17) is 10.00 Å². The number of ether oxygens (including phenoxy) is 1. The Balaban J connectivity index is 2.35. The van der Waals surface area contributed by atoms with Gasteiger partial charge in [-0.05, 0) is 49.4 Å². The lowest BCUT2D eigenvalue weighted by atomic mass is 9.99. The van der Waals surface area contributed by atoms with E-state index in [2.05, 4.69) is 28.1 Å². The maximum Gasteiger partial charge on any atom is 0.416 e. The van der Waals surface area contributed by atoms with Crippen LogP contribution in [0.1, 0.15) is 22.4 Å². The zero-order valence-corrected chi connectivity index (χ0v) is 16.6. The van der Waals surface area contributed by atoms with Gasteiger partial charge in [-0.3, -0.25) is 0 Å². The molecule has 0 saturated carbocycles. The van der Waals surface area contributed by atoms with Crippen molar-refractivity contribution < 1.29 is 14.6 Å². The quantitative estimate of drug-likeness (QED) is 0.571. The zero-order chi connectivity index (χ0) is 20.4. The number of fused-ring (bicyclic) bond motifs is 1. The van der Waals surface area contributed by atoms with E-state index in [1.807, 2.05) is 0 Å². The van der Waals surface area contributed by atoms with Crippen LogP contribution in [-0.4, -0.2) is 22.9 Å². The van der Waals surface area contributed by atoms with Crippen molar-refractivity contribution >= 4 is 44.6 Å². The number of hydrogen-bond donors (Lipinski definition) is 1. The average Bonchev–Trinajstić information content (AvgIpc) is 2.97. The van der Waals surface area contributed by atoms with E-state index in [-0.39, 0.29) is 5.57 Å². The highest BCUT2D eigenvalue weighted by Crippen LogP contribution is 2.35. The van der Waals surface area contributed by atoms with Gasteiger partial charge in [0.2, 0.25) is 0 Å². The van der Waals surface area contributed by atoms with E-state index >= 15 is 0 Å². The second-order valence-corrected chi connectivity index (χ2v) is 6.89. The molecular formula is C21H14BrN3O3. The minimum Gasteiger partial charge on any atom is -0.496 e. The third-order valence-corrected chi connectivity index (χ3v) is 4.90. The predicted molar refractivity (Wildman–Crippen MR) is 109 cm³/mol. The normalized spacial score (nSPS) is 11.1. The van der Waals surface area contributed by atoms with Gasteiger partial charge in [0.1, 0.15) is 5.75 Å². The number of halogens is 1. The topological polar surface area (TPSA) is 99.0 Å². The highest BCUT2D eigenvalue weighted by molar-refractivity contribution is 9.10. The molecule has 1 N–H and O–H groups in total. The molecule has 0 unspecified atom stereocenters. The summed E-state index contributed by atoms with van der Waals surface area (Å²) in [6.07, 6.45) is 0.478. The summed E-state index contributed by atoms with van der Waals surface area (Å²) in [6.45, 7) is 1.66. The number of nitrogens with zero attached hydrogens (tertiary/aromatic N) is 3. The first-order valence-corrected chi connectivity index (χ1v) is 8.94. The van der Waals surface area contributed by atoms with Gasteiger partial charge in [-0.2, -0.15) is 10.5 Å². The standard InChI is InChI=1S/C21H14BrN3O3/c1-12-20(17-9-16(22)4-5-18(17)25(12)21(26)27)15(11-24)8-14-7-13(10-23)3-6-19(14)28-2/h3-9H,1-2H3,(H,26,27)/b15-8+. The maximum absolute atomic E-state index is 11.8. The van der Waals surface area contributed by atoms with Crippen LogP contribution < -0.4 is 4.74 Å². The number of nitriles is 2. The third kappa shape index (κ3) is 3.24. The summed E-state index contributed by atoms with van der Waals surface area (Å²) in [4.78, 5) is 11.8. The highest BCUT2D eigenvalue weighted by Gasteiger charge is 2.21. The fraction of sp³-hybridized carbons (Fsp3) is 0.0952. The number of carbonyl (C=O) groups is 1. The Labute approximate surface area is 169 Å². The summed E-state index contributed by atoms with van der Waals surface area (Å²) in [7, 11) is 1.50. The van der Waals surface area contributed by atoms with E-state index < -0.39 is 6.09 Å². The zero-order valence-electron chi connectivity index (χ0n) is 15.0. The van der Waals surface area contributed by atoms with E-state index in [1.165, 1.54) is 7.11 Å². The molecule has 0 spiro atoms. The van der Waals surface area contributed by atoms with Crippen LogP contribution in [0.3, 0.4) is 0 Å². The minimum atomic E-state index is -1.13. The summed E-state index contributed by atoms with van der Waals surface area (Å²) in [6, 6.07) is 14.4. The van der Waals surface area contributed by atoms with Crippen LogP contribution in [0.5, 0.6) is 5.75 Å². The Hall–Kier alpha value is -3.55. The van der Waals surface area contributed by atoms with E-state index in [9.17, 15) is 15.2 Å². The van der Waals surface area contributed by atoms with Crippen molar-refractivity contribution in [3.63, 3.8) is 0 Å². The molecule has 3 rings (SSSR count). The first kappa shape index (κ1) is 19.2. The molecule has 1 aromatic heterocycles. The Morgan fingerprint density at radius 3 is 2.61 bits per heavy atom. The number of aromatic nitrogens is 1. The Morgan fingerprint density at radius 2 is 2.00 bits per heavy atom. The first-order chi connectivity index (χ1) is 13.4. The molecule has 0 amide bonds. The summed E-state index contributed by atoms with van der Waals surface area (Å²) in [5, 5.41) is 29.3. The Kier molecular flexibility index (Phi) is 5.21. The van der Waals surface area contributed by atoms with Crippen LogP contribution in [0.25, 0.3) is 22.6 Å². The molecule has 0 saturated heterocycles. The summed E-state index contributed by atoms with van der Waals surface area (Å²) >= 11 is 3.40. The summed E-state index contributed by atoms with van der Waals surface area (Å²) < 4.78 is 7.26. The van der Waals surface area contributed by atoms with Gasteiger partial charge in [0.15, 0.2) is 0 Å². The van der Waals surface area contributed by atoms with Crippen molar-refractivity contribution in [2.45, 2.75) is 6.92 Å². The molecule has 0 aliphatic rings. The van der Waals surface area contributed by atoms with Crippen molar-refractivity contribution in [1.82, 2.24) is 4.57 Å². The molecule has 138 valence electrons.